The first-order chi connectivity index (χ1) is 17.2. The van der Waals surface area contributed by atoms with E-state index in [9.17, 15) is 14.0 Å². The minimum Gasteiger partial charge on any atom is -0.351 e. The number of ketones is 1. The number of aryl methyl sites for hydroxylation is 1. The number of carbonyl (C=O) groups excluding carboxylic acids is 2. The van der Waals surface area contributed by atoms with Crippen LogP contribution in [0.5, 0.6) is 0 Å². The fraction of sp³-hybridized carbons (Fsp3) is 0.533. The van der Waals surface area contributed by atoms with Crippen LogP contribution in [-0.4, -0.2) is 36.3 Å². The lowest BCUT2D eigenvalue weighted by Gasteiger charge is -2.24. The second-order valence-electron chi connectivity index (χ2n) is 9.66. The molecule has 0 unspecified atom stereocenters. The molecule has 2 aliphatic rings. The molecule has 0 atom stereocenters. The molecular weight excluding hydrogens is 453 g/mol. The van der Waals surface area contributed by atoms with Gasteiger partial charge in [0.1, 0.15) is 5.82 Å². The van der Waals surface area contributed by atoms with Crippen LogP contribution in [0.3, 0.4) is 0 Å². The zero-order valence-electron chi connectivity index (χ0n) is 22.7. The number of urea groups is 1. The largest absolute Gasteiger partial charge is 0.351 e. The van der Waals surface area contributed by atoms with Gasteiger partial charge in [0.05, 0.1) is 0 Å². The van der Waals surface area contributed by atoms with Gasteiger partial charge in [-0.2, -0.15) is 0 Å². The molecule has 36 heavy (non-hydrogen) atoms. The molecule has 0 radical (unpaired) electrons. The minimum atomic E-state index is -0.638. The van der Waals surface area contributed by atoms with Gasteiger partial charge >= 0.3 is 6.03 Å². The lowest BCUT2D eigenvalue weighted by atomic mass is 9.91. The van der Waals surface area contributed by atoms with E-state index in [0.717, 1.165) is 11.5 Å². The van der Waals surface area contributed by atoms with Crippen molar-refractivity contribution in [3.8, 4) is 0 Å². The predicted octanol–water partition coefficient (Wildman–Crippen LogP) is 7.59. The first-order valence-corrected chi connectivity index (χ1v) is 13.3. The van der Waals surface area contributed by atoms with E-state index in [1.165, 1.54) is 90.1 Å². The van der Waals surface area contributed by atoms with E-state index in [-0.39, 0.29) is 11.6 Å². The average molecular weight is 500 g/mol. The van der Waals surface area contributed by atoms with Gasteiger partial charge in [-0.15, -0.1) is 0 Å². The fourth-order valence-corrected chi connectivity index (χ4v) is 4.07. The molecule has 6 heteroatoms. The van der Waals surface area contributed by atoms with Crippen molar-refractivity contribution in [3.05, 3.63) is 65.5 Å². The maximum atomic E-state index is 12.1. The Morgan fingerprint density at radius 2 is 1.56 bits per heavy atom. The number of likely N-dealkylation sites (tertiary alicyclic amines) is 1. The van der Waals surface area contributed by atoms with E-state index in [1.807, 2.05) is 6.92 Å². The summed E-state index contributed by atoms with van der Waals surface area (Å²) in [6.07, 6.45) is 11.7. The van der Waals surface area contributed by atoms with Gasteiger partial charge in [-0.1, -0.05) is 82.2 Å². The Morgan fingerprint density at radius 3 is 1.97 bits per heavy atom. The van der Waals surface area contributed by atoms with Crippen molar-refractivity contribution in [3.63, 3.8) is 0 Å². The molecule has 200 valence electrons. The third-order valence-electron chi connectivity index (χ3n) is 6.34. The highest BCUT2D eigenvalue weighted by Gasteiger charge is 2.06. The molecule has 0 spiro atoms. The molecule has 0 aromatic heterocycles. The van der Waals surface area contributed by atoms with Gasteiger partial charge in [-0.3, -0.25) is 4.79 Å². The summed E-state index contributed by atoms with van der Waals surface area (Å²) in [5, 5.41) is 2.39. The highest BCUT2D eigenvalue weighted by Crippen LogP contribution is 2.22. The quantitative estimate of drug-likeness (QED) is 0.427. The molecule has 2 amide bonds. The summed E-state index contributed by atoms with van der Waals surface area (Å²) in [5.41, 5.74) is 7.08. The molecule has 2 aromatic rings. The molecule has 1 aliphatic heterocycles. The van der Waals surface area contributed by atoms with Gasteiger partial charge in [0, 0.05) is 11.3 Å². The summed E-state index contributed by atoms with van der Waals surface area (Å²) in [6.45, 7) is 11.9. The standard InChI is InChI=1S/C9H10N2O2.C7H7F.C7H15N.C7H14/c1-6(12)7-3-2-4-8(5-7)11-9(10)13;1-6-2-4-7(8)5-3-6;1-2-8-6-4-3-5-7-8;1-7-5-3-2-4-6-7/h2-5H,1H3,(H3,10,11,13);2-5H,1H3;2-7H2,1H3;7H,2-6H2,1H3. The highest BCUT2D eigenvalue weighted by atomic mass is 19.1. The van der Waals surface area contributed by atoms with E-state index in [0.29, 0.717) is 11.3 Å². The van der Waals surface area contributed by atoms with Crippen LogP contribution in [-0.2, 0) is 0 Å². The Kier molecular flexibility index (Phi) is 16.1. The molecule has 3 N–H and O–H groups in total. The Morgan fingerprint density at radius 1 is 0.972 bits per heavy atom. The van der Waals surface area contributed by atoms with Crippen LogP contribution >= 0.6 is 0 Å². The summed E-state index contributed by atoms with van der Waals surface area (Å²) >= 11 is 0. The number of Topliss-reactive ketones (excluding diaryl/α,β-unsaturated/α-hetero) is 1. The maximum Gasteiger partial charge on any atom is 0.316 e. The maximum absolute atomic E-state index is 12.1. The molecule has 2 aromatic carbocycles. The number of amides is 2. The number of carbonyl (C=O) groups is 2. The van der Waals surface area contributed by atoms with Crippen LogP contribution in [0, 0.1) is 18.7 Å². The number of primary amides is 1. The number of piperidine rings is 1. The molecule has 1 heterocycles. The van der Waals surface area contributed by atoms with Gasteiger partial charge < -0.3 is 16.0 Å². The first-order valence-electron chi connectivity index (χ1n) is 13.3. The van der Waals surface area contributed by atoms with Gasteiger partial charge in [0.2, 0.25) is 0 Å². The van der Waals surface area contributed by atoms with Crippen molar-refractivity contribution < 1.29 is 14.0 Å². The summed E-state index contributed by atoms with van der Waals surface area (Å²) in [7, 11) is 0. The number of hydrogen-bond acceptors (Lipinski definition) is 3. The van der Waals surface area contributed by atoms with E-state index in [4.69, 9.17) is 5.73 Å². The normalized spacial score (nSPS) is 15.6. The number of anilines is 1. The SMILES string of the molecule is CC(=O)c1cccc(NC(N)=O)c1.CC1CCCCC1.CCN1CCCCC1.Cc1ccc(F)cc1. The van der Waals surface area contributed by atoms with Crippen LogP contribution < -0.4 is 11.1 Å². The van der Waals surface area contributed by atoms with E-state index in [1.54, 1.807) is 36.4 Å². The van der Waals surface area contributed by atoms with Crippen LogP contribution in [0.1, 0.15) is 88.1 Å². The Labute approximate surface area is 217 Å². The monoisotopic (exact) mass is 499 g/mol. The number of halogens is 1. The Balaban J connectivity index is 0.000000248. The molecule has 4 rings (SSSR count). The molecule has 1 aliphatic carbocycles. The summed E-state index contributed by atoms with van der Waals surface area (Å²) in [6, 6.07) is 12.4. The van der Waals surface area contributed by atoms with E-state index in [2.05, 4.69) is 24.1 Å². The zero-order valence-corrected chi connectivity index (χ0v) is 22.7. The van der Waals surface area contributed by atoms with E-state index >= 15 is 0 Å². The van der Waals surface area contributed by atoms with Gasteiger partial charge in [-0.05, 0) is 76.5 Å². The van der Waals surface area contributed by atoms with Crippen LogP contribution in [0.2, 0.25) is 0 Å². The van der Waals surface area contributed by atoms with Crippen molar-refractivity contribution in [1.29, 1.82) is 0 Å². The summed E-state index contributed by atoms with van der Waals surface area (Å²) in [4.78, 5) is 23.9. The lowest BCUT2D eigenvalue weighted by molar-refractivity contribution is 0.101. The number of hydrogen-bond donors (Lipinski definition) is 2. The van der Waals surface area contributed by atoms with Gasteiger partial charge in [-0.25, -0.2) is 9.18 Å². The van der Waals surface area contributed by atoms with Crippen LogP contribution in [0.25, 0.3) is 0 Å². The first kappa shape index (κ1) is 31.3. The summed E-state index contributed by atoms with van der Waals surface area (Å²) in [5.74, 6) is 0.817. The van der Waals surface area contributed by atoms with Crippen molar-refractivity contribution in [1.82, 2.24) is 4.90 Å². The lowest BCUT2D eigenvalue weighted by Crippen LogP contribution is -2.29. The van der Waals surface area contributed by atoms with Gasteiger partial charge in [0.15, 0.2) is 5.78 Å². The zero-order chi connectivity index (χ0) is 26.8. The van der Waals surface area contributed by atoms with Crippen molar-refractivity contribution in [2.45, 2.75) is 79.1 Å². The average Bonchev–Trinajstić information content (AvgIpc) is 2.88. The Hall–Kier alpha value is -2.73. The predicted molar refractivity (Wildman–Crippen MR) is 149 cm³/mol. The number of nitrogens with two attached hydrogens (primary N) is 1. The van der Waals surface area contributed by atoms with Crippen molar-refractivity contribution in [2.75, 3.05) is 25.0 Å². The smallest absolute Gasteiger partial charge is 0.316 e. The minimum absolute atomic E-state index is 0.0480. The molecular formula is C30H46FN3O2. The molecule has 1 saturated carbocycles. The van der Waals surface area contributed by atoms with Crippen molar-refractivity contribution >= 4 is 17.5 Å². The number of benzene rings is 2. The van der Waals surface area contributed by atoms with Crippen LogP contribution in [0.15, 0.2) is 48.5 Å². The number of nitrogens with one attached hydrogen (secondary N) is 1. The second kappa shape index (κ2) is 18.5. The number of nitrogens with zero attached hydrogens (tertiary/aromatic N) is 1. The third-order valence-corrected chi connectivity index (χ3v) is 6.34. The van der Waals surface area contributed by atoms with E-state index < -0.39 is 6.03 Å². The molecule has 1 saturated heterocycles. The number of rotatable bonds is 3. The molecule has 0 bridgehead atoms. The second-order valence-corrected chi connectivity index (χ2v) is 9.66. The molecule has 5 nitrogen and oxygen atoms in total. The van der Waals surface area contributed by atoms with Crippen molar-refractivity contribution in [2.24, 2.45) is 11.7 Å². The van der Waals surface area contributed by atoms with Gasteiger partial charge in [0.25, 0.3) is 0 Å². The third kappa shape index (κ3) is 15.3. The highest BCUT2D eigenvalue weighted by molar-refractivity contribution is 5.96. The topological polar surface area (TPSA) is 75.4 Å². The Bertz CT molecular complexity index is 853. The van der Waals surface area contributed by atoms with Crippen LogP contribution in [0.4, 0.5) is 14.9 Å². The summed E-state index contributed by atoms with van der Waals surface area (Å²) < 4.78 is 12.1. The molecule has 2 fully saturated rings. The fourth-order valence-electron chi connectivity index (χ4n) is 4.07.